The Hall–Kier alpha value is -1.10. The Labute approximate surface area is 108 Å². The summed E-state index contributed by atoms with van der Waals surface area (Å²) in [6, 6.07) is 0. The second-order valence-corrected chi connectivity index (χ2v) is 5.19. The number of nitrogens with one attached hydrogen (secondary N) is 1. The van der Waals surface area contributed by atoms with Gasteiger partial charge in [0.05, 0.1) is 12.2 Å². The van der Waals surface area contributed by atoms with Crippen LogP contribution in [-0.2, 0) is 14.3 Å². The molecule has 5 nitrogen and oxygen atoms in total. The van der Waals surface area contributed by atoms with Gasteiger partial charge < -0.3 is 15.2 Å². The van der Waals surface area contributed by atoms with Gasteiger partial charge >= 0.3 is 5.97 Å². The molecule has 5 heteroatoms. The van der Waals surface area contributed by atoms with Crippen LogP contribution in [-0.4, -0.2) is 35.7 Å². The summed E-state index contributed by atoms with van der Waals surface area (Å²) < 4.78 is 5.63. The lowest BCUT2D eigenvalue weighted by Crippen LogP contribution is -2.29. The van der Waals surface area contributed by atoms with Gasteiger partial charge in [-0.15, -0.1) is 0 Å². The van der Waals surface area contributed by atoms with Gasteiger partial charge in [-0.25, -0.2) is 0 Å². The van der Waals surface area contributed by atoms with Crippen LogP contribution in [0.15, 0.2) is 0 Å². The van der Waals surface area contributed by atoms with Crippen LogP contribution in [0, 0.1) is 5.92 Å². The molecular weight excluding hydrogens is 234 g/mol. The Morgan fingerprint density at radius 3 is 2.72 bits per heavy atom. The van der Waals surface area contributed by atoms with Crippen molar-refractivity contribution in [3.8, 4) is 0 Å². The van der Waals surface area contributed by atoms with Crippen LogP contribution < -0.4 is 5.32 Å². The zero-order chi connectivity index (χ0) is 13.5. The zero-order valence-corrected chi connectivity index (χ0v) is 11.1. The molecule has 3 atom stereocenters. The molecule has 0 aromatic rings. The van der Waals surface area contributed by atoms with Crippen LogP contribution in [0.25, 0.3) is 0 Å². The third-order valence-corrected chi connectivity index (χ3v) is 3.18. The fourth-order valence-corrected chi connectivity index (χ4v) is 2.14. The van der Waals surface area contributed by atoms with Crippen LogP contribution in [0.2, 0.25) is 0 Å². The van der Waals surface area contributed by atoms with Gasteiger partial charge in [-0.2, -0.15) is 0 Å². The van der Waals surface area contributed by atoms with Gasteiger partial charge in [0.2, 0.25) is 5.91 Å². The summed E-state index contributed by atoms with van der Waals surface area (Å²) in [5.74, 6) is -0.880. The first kappa shape index (κ1) is 15.0. The van der Waals surface area contributed by atoms with Crippen molar-refractivity contribution >= 4 is 11.9 Å². The standard InChI is InChI=1S/C13H23NO4/c1-9(7-13(16)17)8-14-12(15)6-5-11-4-3-10(2)18-11/h9-11H,3-8H2,1-2H3,(H,14,15)(H,16,17). The molecule has 1 aliphatic rings. The van der Waals surface area contributed by atoms with E-state index < -0.39 is 5.97 Å². The van der Waals surface area contributed by atoms with E-state index in [1.54, 1.807) is 0 Å². The topological polar surface area (TPSA) is 75.6 Å². The highest BCUT2D eigenvalue weighted by Crippen LogP contribution is 2.22. The Morgan fingerprint density at radius 2 is 2.17 bits per heavy atom. The van der Waals surface area contributed by atoms with E-state index in [1.807, 2.05) is 13.8 Å². The number of amides is 1. The van der Waals surface area contributed by atoms with E-state index in [1.165, 1.54) is 0 Å². The number of hydrogen-bond donors (Lipinski definition) is 2. The monoisotopic (exact) mass is 257 g/mol. The average molecular weight is 257 g/mol. The molecule has 0 aromatic carbocycles. The smallest absolute Gasteiger partial charge is 0.303 e. The van der Waals surface area contributed by atoms with Crippen molar-refractivity contribution in [1.82, 2.24) is 5.32 Å². The lowest BCUT2D eigenvalue weighted by Gasteiger charge is -2.12. The molecular formula is C13H23NO4. The van der Waals surface area contributed by atoms with Crippen LogP contribution in [0.4, 0.5) is 0 Å². The highest BCUT2D eigenvalue weighted by molar-refractivity contribution is 5.76. The maximum Gasteiger partial charge on any atom is 0.303 e. The van der Waals surface area contributed by atoms with E-state index in [4.69, 9.17) is 9.84 Å². The van der Waals surface area contributed by atoms with Crippen molar-refractivity contribution in [2.45, 2.75) is 58.2 Å². The number of rotatable bonds is 7. The SMILES string of the molecule is CC(CNC(=O)CCC1CCC(C)O1)CC(=O)O. The second kappa shape index (κ2) is 7.36. The molecule has 2 N–H and O–H groups in total. The molecule has 104 valence electrons. The number of aliphatic carboxylic acids is 1. The van der Waals surface area contributed by atoms with Gasteiger partial charge in [-0.3, -0.25) is 9.59 Å². The highest BCUT2D eigenvalue weighted by atomic mass is 16.5. The summed E-state index contributed by atoms with van der Waals surface area (Å²) in [5.41, 5.74) is 0. The molecule has 0 bridgehead atoms. The molecule has 1 aliphatic heterocycles. The summed E-state index contributed by atoms with van der Waals surface area (Å²) in [6.45, 7) is 4.29. The molecule has 0 saturated carbocycles. The van der Waals surface area contributed by atoms with Crippen molar-refractivity contribution in [2.75, 3.05) is 6.54 Å². The summed E-state index contributed by atoms with van der Waals surface area (Å²) in [5, 5.41) is 11.4. The molecule has 1 heterocycles. The number of hydrogen-bond acceptors (Lipinski definition) is 3. The van der Waals surface area contributed by atoms with Crippen molar-refractivity contribution in [3.63, 3.8) is 0 Å². The van der Waals surface area contributed by atoms with E-state index in [0.29, 0.717) is 19.1 Å². The maximum atomic E-state index is 11.6. The Balaban J connectivity index is 2.08. The molecule has 1 rings (SSSR count). The lowest BCUT2D eigenvalue weighted by atomic mass is 10.1. The predicted octanol–water partition coefficient (Wildman–Crippen LogP) is 1.56. The van der Waals surface area contributed by atoms with Gasteiger partial charge in [0.15, 0.2) is 0 Å². The number of carboxylic acids is 1. The van der Waals surface area contributed by atoms with Crippen molar-refractivity contribution in [1.29, 1.82) is 0 Å². The van der Waals surface area contributed by atoms with E-state index in [2.05, 4.69) is 5.32 Å². The highest BCUT2D eigenvalue weighted by Gasteiger charge is 2.22. The van der Waals surface area contributed by atoms with Crippen LogP contribution in [0.5, 0.6) is 0 Å². The first-order valence-electron chi connectivity index (χ1n) is 6.61. The zero-order valence-electron chi connectivity index (χ0n) is 11.1. The Kier molecular flexibility index (Phi) is 6.12. The van der Waals surface area contributed by atoms with Gasteiger partial charge in [0.1, 0.15) is 0 Å². The van der Waals surface area contributed by atoms with Gasteiger partial charge in [-0.05, 0) is 32.1 Å². The molecule has 18 heavy (non-hydrogen) atoms. The summed E-state index contributed by atoms with van der Waals surface area (Å²) in [6.07, 6.45) is 3.92. The predicted molar refractivity (Wildman–Crippen MR) is 67.2 cm³/mol. The van der Waals surface area contributed by atoms with E-state index in [9.17, 15) is 9.59 Å². The van der Waals surface area contributed by atoms with Crippen LogP contribution in [0.1, 0.15) is 46.0 Å². The largest absolute Gasteiger partial charge is 0.481 e. The molecule has 0 radical (unpaired) electrons. The molecule has 0 aliphatic carbocycles. The number of carbonyl (C=O) groups excluding carboxylic acids is 1. The minimum Gasteiger partial charge on any atom is -0.481 e. The summed E-state index contributed by atoms with van der Waals surface area (Å²) >= 11 is 0. The number of carbonyl (C=O) groups is 2. The molecule has 1 fully saturated rings. The Morgan fingerprint density at radius 1 is 1.44 bits per heavy atom. The van der Waals surface area contributed by atoms with Gasteiger partial charge in [-0.1, -0.05) is 6.92 Å². The molecule has 0 aromatic heterocycles. The maximum absolute atomic E-state index is 11.6. The molecule has 3 unspecified atom stereocenters. The molecule has 1 saturated heterocycles. The second-order valence-electron chi connectivity index (χ2n) is 5.19. The van der Waals surface area contributed by atoms with Crippen molar-refractivity contribution in [2.24, 2.45) is 5.92 Å². The first-order chi connectivity index (χ1) is 8.47. The van der Waals surface area contributed by atoms with Crippen LogP contribution in [0.3, 0.4) is 0 Å². The van der Waals surface area contributed by atoms with Gasteiger partial charge in [0, 0.05) is 19.4 Å². The first-order valence-corrected chi connectivity index (χ1v) is 6.61. The fourth-order valence-electron chi connectivity index (χ4n) is 2.14. The van der Waals surface area contributed by atoms with Crippen molar-refractivity contribution < 1.29 is 19.4 Å². The minimum atomic E-state index is -0.829. The van der Waals surface area contributed by atoms with E-state index in [0.717, 1.165) is 19.3 Å². The normalized spacial score (nSPS) is 24.8. The quantitative estimate of drug-likeness (QED) is 0.725. The minimum absolute atomic E-state index is 0.0182. The summed E-state index contributed by atoms with van der Waals surface area (Å²) in [4.78, 5) is 22.0. The number of ether oxygens (including phenoxy) is 1. The van der Waals surface area contributed by atoms with Crippen molar-refractivity contribution in [3.05, 3.63) is 0 Å². The Bertz CT molecular complexity index is 293. The average Bonchev–Trinajstić information content (AvgIpc) is 2.69. The number of carboxylic acid groups (broad SMARTS) is 1. The lowest BCUT2D eigenvalue weighted by molar-refractivity contribution is -0.138. The molecule has 0 spiro atoms. The summed E-state index contributed by atoms with van der Waals surface area (Å²) in [7, 11) is 0. The third kappa shape index (κ3) is 6.00. The van der Waals surface area contributed by atoms with E-state index >= 15 is 0 Å². The third-order valence-electron chi connectivity index (χ3n) is 3.18. The van der Waals surface area contributed by atoms with Crippen LogP contribution >= 0.6 is 0 Å². The fraction of sp³-hybridized carbons (Fsp3) is 0.846. The van der Waals surface area contributed by atoms with E-state index in [-0.39, 0.29) is 24.3 Å². The molecule has 1 amide bonds. The van der Waals surface area contributed by atoms with Gasteiger partial charge in [0.25, 0.3) is 0 Å².